The molecule has 0 bridgehead atoms. The first-order chi connectivity index (χ1) is 9.21. The van der Waals surface area contributed by atoms with Gasteiger partial charge in [-0.05, 0) is 37.5 Å². The Labute approximate surface area is 120 Å². The normalized spacial score (nSPS) is 22.2. The van der Waals surface area contributed by atoms with E-state index < -0.39 is 0 Å². The molecule has 19 heavy (non-hydrogen) atoms. The van der Waals surface area contributed by atoms with Crippen LogP contribution in [0.5, 0.6) is 0 Å². The van der Waals surface area contributed by atoms with E-state index in [4.69, 9.17) is 10.7 Å². The average Bonchev–Trinajstić information content (AvgIpc) is 3.06. The lowest BCUT2D eigenvalue weighted by atomic mass is 9.82. The van der Waals surface area contributed by atoms with E-state index in [9.17, 15) is 0 Å². The van der Waals surface area contributed by atoms with Crippen LogP contribution in [0.25, 0.3) is 0 Å². The molecule has 1 aliphatic heterocycles. The number of aromatic nitrogens is 1. The smallest absolute Gasteiger partial charge is 0.185 e. The van der Waals surface area contributed by atoms with Crippen molar-refractivity contribution in [3.63, 3.8) is 0 Å². The van der Waals surface area contributed by atoms with E-state index in [1.807, 2.05) is 11.3 Å². The third-order valence-corrected chi connectivity index (χ3v) is 6.23. The second-order valence-electron chi connectivity index (χ2n) is 6.16. The molecule has 1 saturated heterocycles. The standard InChI is InChI=1S/C15H25N3S/c1-3-15(4-2)7-8-18(10-15)14-17-13(11-5-6-11)12(9-16)19-14/h11H,3-10,16H2,1-2H3. The molecule has 3 nitrogen and oxygen atoms in total. The minimum absolute atomic E-state index is 0.522. The van der Waals surface area contributed by atoms with Crippen LogP contribution in [0, 0.1) is 5.41 Å². The Morgan fingerprint density at radius 1 is 1.37 bits per heavy atom. The van der Waals surface area contributed by atoms with Gasteiger partial charge in [-0.2, -0.15) is 0 Å². The van der Waals surface area contributed by atoms with Crippen LogP contribution in [0.1, 0.15) is 62.4 Å². The van der Waals surface area contributed by atoms with Crippen LogP contribution < -0.4 is 10.6 Å². The fraction of sp³-hybridized carbons (Fsp3) is 0.800. The van der Waals surface area contributed by atoms with Gasteiger partial charge >= 0.3 is 0 Å². The summed E-state index contributed by atoms with van der Waals surface area (Å²) in [7, 11) is 0. The molecule has 0 aromatic carbocycles. The molecular formula is C15H25N3S. The summed E-state index contributed by atoms with van der Waals surface area (Å²) < 4.78 is 0. The van der Waals surface area contributed by atoms with E-state index in [1.54, 1.807) is 0 Å². The fourth-order valence-corrected chi connectivity index (χ4v) is 4.28. The van der Waals surface area contributed by atoms with Crippen molar-refractivity contribution in [2.75, 3.05) is 18.0 Å². The molecule has 0 radical (unpaired) electrons. The van der Waals surface area contributed by atoms with Gasteiger partial charge in [0.1, 0.15) is 0 Å². The zero-order valence-electron chi connectivity index (χ0n) is 12.1. The van der Waals surface area contributed by atoms with E-state index in [0.717, 1.165) is 0 Å². The highest BCUT2D eigenvalue weighted by Crippen LogP contribution is 2.46. The molecular weight excluding hydrogens is 254 g/mol. The number of thiazole rings is 1. The third-order valence-electron chi connectivity index (χ3n) is 5.07. The van der Waals surface area contributed by atoms with Crippen molar-refractivity contribution in [1.29, 1.82) is 0 Å². The number of hydrogen-bond acceptors (Lipinski definition) is 4. The molecule has 2 heterocycles. The molecule has 1 aromatic heterocycles. The van der Waals surface area contributed by atoms with Gasteiger partial charge < -0.3 is 10.6 Å². The fourth-order valence-electron chi connectivity index (χ4n) is 3.23. The zero-order chi connectivity index (χ0) is 13.5. The van der Waals surface area contributed by atoms with Gasteiger partial charge in [-0.25, -0.2) is 4.98 Å². The summed E-state index contributed by atoms with van der Waals surface area (Å²) >= 11 is 1.84. The van der Waals surface area contributed by atoms with Crippen LogP contribution >= 0.6 is 11.3 Å². The molecule has 1 aliphatic carbocycles. The van der Waals surface area contributed by atoms with Gasteiger partial charge in [0.25, 0.3) is 0 Å². The van der Waals surface area contributed by atoms with Crippen molar-refractivity contribution in [2.24, 2.45) is 11.1 Å². The zero-order valence-corrected chi connectivity index (χ0v) is 12.9. The minimum atomic E-state index is 0.522. The first kappa shape index (κ1) is 13.4. The second-order valence-corrected chi connectivity index (χ2v) is 7.22. The van der Waals surface area contributed by atoms with Crippen LogP contribution in [0.2, 0.25) is 0 Å². The quantitative estimate of drug-likeness (QED) is 0.897. The van der Waals surface area contributed by atoms with Crippen LogP contribution in [-0.4, -0.2) is 18.1 Å². The Balaban J connectivity index is 1.80. The maximum absolute atomic E-state index is 5.89. The number of anilines is 1. The molecule has 2 fully saturated rings. The second kappa shape index (κ2) is 5.06. The van der Waals surface area contributed by atoms with Crippen LogP contribution in [0.3, 0.4) is 0 Å². The van der Waals surface area contributed by atoms with Gasteiger partial charge in [0, 0.05) is 30.4 Å². The highest BCUT2D eigenvalue weighted by Gasteiger charge is 2.37. The van der Waals surface area contributed by atoms with Crippen molar-refractivity contribution < 1.29 is 0 Å². The molecule has 0 atom stereocenters. The molecule has 4 heteroatoms. The van der Waals surface area contributed by atoms with Crippen molar-refractivity contribution in [1.82, 2.24) is 4.98 Å². The van der Waals surface area contributed by atoms with Gasteiger partial charge in [-0.1, -0.05) is 13.8 Å². The van der Waals surface area contributed by atoms with Crippen molar-refractivity contribution in [3.05, 3.63) is 10.6 Å². The van der Waals surface area contributed by atoms with Crippen molar-refractivity contribution >= 4 is 16.5 Å². The number of nitrogens with two attached hydrogens (primary N) is 1. The maximum atomic E-state index is 5.89. The van der Waals surface area contributed by atoms with E-state index in [0.29, 0.717) is 17.9 Å². The minimum Gasteiger partial charge on any atom is -0.348 e. The molecule has 1 saturated carbocycles. The van der Waals surface area contributed by atoms with Crippen LogP contribution in [0.15, 0.2) is 0 Å². The number of hydrogen-bond donors (Lipinski definition) is 1. The third kappa shape index (κ3) is 2.40. The summed E-state index contributed by atoms with van der Waals surface area (Å²) in [6, 6.07) is 0. The predicted octanol–water partition coefficient (Wildman–Crippen LogP) is 3.50. The van der Waals surface area contributed by atoms with E-state index >= 15 is 0 Å². The van der Waals surface area contributed by atoms with Gasteiger partial charge in [-0.3, -0.25) is 0 Å². The van der Waals surface area contributed by atoms with E-state index in [1.165, 1.54) is 60.9 Å². The van der Waals surface area contributed by atoms with Crippen LogP contribution in [-0.2, 0) is 6.54 Å². The Bertz CT molecular complexity index is 446. The van der Waals surface area contributed by atoms with Crippen molar-refractivity contribution in [2.45, 2.75) is 58.4 Å². The summed E-state index contributed by atoms with van der Waals surface area (Å²) in [6.07, 6.45) is 6.50. The average molecular weight is 279 g/mol. The molecule has 2 N–H and O–H groups in total. The van der Waals surface area contributed by atoms with Crippen LogP contribution in [0.4, 0.5) is 5.13 Å². The SMILES string of the molecule is CCC1(CC)CCN(c2nc(C3CC3)c(CN)s2)C1. The summed E-state index contributed by atoms with van der Waals surface area (Å²) in [5, 5.41) is 1.23. The van der Waals surface area contributed by atoms with Crippen molar-refractivity contribution in [3.8, 4) is 0 Å². The largest absolute Gasteiger partial charge is 0.348 e. The van der Waals surface area contributed by atoms with E-state index in [-0.39, 0.29) is 0 Å². The first-order valence-corrected chi connectivity index (χ1v) is 8.47. The van der Waals surface area contributed by atoms with Gasteiger partial charge in [0.15, 0.2) is 5.13 Å². The molecule has 106 valence electrons. The molecule has 0 unspecified atom stereocenters. The predicted molar refractivity (Wildman–Crippen MR) is 81.8 cm³/mol. The summed E-state index contributed by atoms with van der Waals surface area (Å²) in [6.45, 7) is 7.67. The van der Waals surface area contributed by atoms with Gasteiger partial charge in [0.2, 0.25) is 0 Å². The highest BCUT2D eigenvalue weighted by atomic mass is 32.1. The first-order valence-electron chi connectivity index (χ1n) is 7.66. The molecule has 3 rings (SSSR count). The maximum Gasteiger partial charge on any atom is 0.185 e. The molecule has 1 aromatic rings. The lowest BCUT2D eigenvalue weighted by Crippen LogP contribution is -2.26. The van der Waals surface area contributed by atoms with E-state index in [2.05, 4.69) is 18.7 Å². The Morgan fingerprint density at radius 3 is 2.63 bits per heavy atom. The topological polar surface area (TPSA) is 42.2 Å². The lowest BCUT2D eigenvalue weighted by molar-refractivity contribution is 0.301. The number of nitrogens with zero attached hydrogens (tertiary/aromatic N) is 2. The highest BCUT2D eigenvalue weighted by molar-refractivity contribution is 7.15. The monoisotopic (exact) mass is 279 g/mol. The lowest BCUT2D eigenvalue weighted by Gasteiger charge is -2.26. The molecule has 0 amide bonds. The van der Waals surface area contributed by atoms with Gasteiger partial charge in [0.05, 0.1) is 5.69 Å². The summed E-state index contributed by atoms with van der Waals surface area (Å²) in [5.41, 5.74) is 7.72. The van der Waals surface area contributed by atoms with Gasteiger partial charge in [-0.15, -0.1) is 11.3 Å². The number of rotatable bonds is 5. The molecule has 0 spiro atoms. The summed E-state index contributed by atoms with van der Waals surface area (Å²) in [5.74, 6) is 0.716. The summed E-state index contributed by atoms with van der Waals surface area (Å²) in [4.78, 5) is 8.75. The Morgan fingerprint density at radius 2 is 2.11 bits per heavy atom. The Kier molecular flexibility index (Phi) is 3.56. The Hall–Kier alpha value is -0.610. The molecule has 2 aliphatic rings.